The third kappa shape index (κ3) is 5.79. The van der Waals surface area contributed by atoms with Crippen LogP contribution in [-0.2, 0) is 13.2 Å². The van der Waals surface area contributed by atoms with Gasteiger partial charge in [-0.3, -0.25) is 0 Å². The van der Waals surface area contributed by atoms with Crippen molar-refractivity contribution < 1.29 is 14.6 Å². The Kier molecular flexibility index (Phi) is 7.77. The summed E-state index contributed by atoms with van der Waals surface area (Å²) in [6.07, 6.45) is 5.19. The van der Waals surface area contributed by atoms with E-state index in [0.29, 0.717) is 29.7 Å². The van der Waals surface area contributed by atoms with E-state index in [9.17, 15) is 0 Å². The number of nitrogens with one attached hydrogen (secondary N) is 1. The summed E-state index contributed by atoms with van der Waals surface area (Å²) in [5.41, 5.74) is 2.69. The molecule has 0 fully saturated rings. The van der Waals surface area contributed by atoms with E-state index in [-0.39, 0.29) is 6.61 Å². The minimum atomic E-state index is -0.0907. The number of aromatic nitrogens is 3. The number of pyridine rings is 2. The van der Waals surface area contributed by atoms with Gasteiger partial charge in [-0.2, -0.15) is 0 Å². The molecule has 0 radical (unpaired) electrons. The molecule has 0 atom stereocenters. The molecular formula is C23H26N4O3. The molecule has 4 rings (SSSR count). The van der Waals surface area contributed by atoms with Gasteiger partial charge in [0.1, 0.15) is 11.4 Å². The molecule has 4 aromatic rings. The Morgan fingerprint density at radius 3 is 2.60 bits per heavy atom. The molecule has 1 aromatic carbocycles. The number of benzene rings is 1. The lowest BCUT2D eigenvalue weighted by Crippen LogP contribution is -2.04. The Balaban J connectivity index is 0.000000239. The standard InChI is InChI=1S/C15H15N3O3.C8H11N/c1-2-20-13-4-3-7-16-15(13)21-12-5-6-14-17-11(10-19)8-18(14)9-12;1-9-7-8-5-3-2-4-6-8/h3-9,19H,2,10H2,1H3;2-6,9H,7H2,1H3. The molecule has 0 saturated carbocycles. The first kappa shape index (κ1) is 21.3. The number of hydrogen-bond donors (Lipinski definition) is 2. The summed E-state index contributed by atoms with van der Waals surface area (Å²) in [7, 11) is 1.95. The summed E-state index contributed by atoms with van der Waals surface area (Å²) < 4.78 is 13.0. The first-order valence-corrected chi connectivity index (χ1v) is 9.76. The molecule has 0 spiro atoms. The monoisotopic (exact) mass is 406 g/mol. The molecule has 0 bridgehead atoms. The van der Waals surface area contributed by atoms with Crippen molar-refractivity contribution in [3.63, 3.8) is 0 Å². The number of ether oxygens (including phenoxy) is 2. The average molecular weight is 406 g/mol. The zero-order chi connectivity index (χ0) is 21.2. The predicted octanol–water partition coefficient (Wildman–Crippen LogP) is 3.82. The van der Waals surface area contributed by atoms with Crippen LogP contribution in [0.3, 0.4) is 0 Å². The van der Waals surface area contributed by atoms with Crippen LogP contribution >= 0.6 is 0 Å². The van der Waals surface area contributed by atoms with E-state index in [1.807, 2.05) is 44.3 Å². The van der Waals surface area contributed by atoms with Gasteiger partial charge in [0.05, 0.1) is 25.1 Å². The zero-order valence-electron chi connectivity index (χ0n) is 17.2. The molecular weight excluding hydrogens is 380 g/mol. The minimum Gasteiger partial charge on any atom is -0.488 e. The number of aliphatic hydroxyl groups is 1. The smallest absolute Gasteiger partial charge is 0.262 e. The first-order valence-electron chi connectivity index (χ1n) is 9.76. The van der Waals surface area contributed by atoms with Crippen molar-refractivity contribution in [3.8, 4) is 17.4 Å². The molecule has 0 saturated heterocycles. The van der Waals surface area contributed by atoms with Gasteiger partial charge in [-0.25, -0.2) is 9.97 Å². The van der Waals surface area contributed by atoms with Crippen LogP contribution in [0.25, 0.3) is 5.65 Å². The summed E-state index contributed by atoms with van der Waals surface area (Å²) >= 11 is 0. The van der Waals surface area contributed by atoms with Crippen LogP contribution in [0.4, 0.5) is 0 Å². The summed E-state index contributed by atoms with van der Waals surface area (Å²) in [5, 5.41) is 12.2. The van der Waals surface area contributed by atoms with Crippen molar-refractivity contribution in [2.24, 2.45) is 0 Å². The minimum absolute atomic E-state index is 0.0907. The zero-order valence-corrected chi connectivity index (χ0v) is 17.2. The Labute approximate surface area is 176 Å². The third-order valence-corrected chi connectivity index (χ3v) is 4.11. The maximum Gasteiger partial charge on any atom is 0.262 e. The van der Waals surface area contributed by atoms with E-state index in [4.69, 9.17) is 14.6 Å². The maximum atomic E-state index is 9.10. The highest BCUT2D eigenvalue weighted by molar-refractivity contribution is 5.44. The number of hydrogen-bond acceptors (Lipinski definition) is 6. The van der Waals surface area contributed by atoms with Crippen LogP contribution < -0.4 is 14.8 Å². The fourth-order valence-electron chi connectivity index (χ4n) is 2.79. The molecule has 156 valence electrons. The highest BCUT2D eigenvalue weighted by Crippen LogP contribution is 2.28. The van der Waals surface area contributed by atoms with Crippen LogP contribution in [0, 0.1) is 0 Å². The van der Waals surface area contributed by atoms with E-state index < -0.39 is 0 Å². The fourth-order valence-corrected chi connectivity index (χ4v) is 2.79. The topological polar surface area (TPSA) is 80.9 Å². The summed E-state index contributed by atoms with van der Waals surface area (Å²) in [5.74, 6) is 1.63. The molecule has 30 heavy (non-hydrogen) atoms. The Bertz CT molecular complexity index is 1050. The first-order chi connectivity index (χ1) is 14.7. The largest absolute Gasteiger partial charge is 0.488 e. The van der Waals surface area contributed by atoms with Gasteiger partial charge in [0.25, 0.3) is 5.88 Å². The second-order valence-corrected chi connectivity index (χ2v) is 6.38. The number of fused-ring (bicyclic) bond motifs is 1. The summed E-state index contributed by atoms with van der Waals surface area (Å²) in [6.45, 7) is 3.32. The average Bonchev–Trinajstić information content (AvgIpc) is 3.19. The van der Waals surface area contributed by atoms with Crippen molar-refractivity contribution in [2.75, 3.05) is 13.7 Å². The maximum absolute atomic E-state index is 9.10. The normalized spacial score (nSPS) is 10.4. The van der Waals surface area contributed by atoms with Gasteiger partial charge in [0.15, 0.2) is 5.75 Å². The van der Waals surface area contributed by atoms with Crippen LogP contribution in [0.5, 0.6) is 17.4 Å². The summed E-state index contributed by atoms with van der Waals surface area (Å²) in [4.78, 5) is 8.43. The van der Waals surface area contributed by atoms with Crippen LogP contribution in [-0.4, -0.2) is 33.1 Å². The van der Waals surface area contributed by atoms with Gasteiger partial charge in [-0.1, -0.05) is 30.3 Å². The fraction of sp³-hybridized carbons (Fsp3) is 0.217. The molecule has 0 aliphatic heterocycles. The second kappa shape index (κ2) is 10.9. The third-order valence-electron chi connectivity index (χ3n) is 4.11. The van der Waals surface area contributed by atoms with Crippen molar-refractivity contribution in [1.82, 2.24) is 19.7 Å². The molecule has 3 heterocycles. The molecule has 0 aliphatic carbocycles. The van der Waals surface area contributed by atoms with E-state index >= 15 is 0 Å². The molecule has 0 amide bonds. The van der Waals surface area contributed by atoms with Crippen molar-refractivity contribution >= 4 is 5.65 Å². The quantitative estimate of drug-likeness (QED) is 0.486. The molecule has 0 aliphatic rings. The molecule has 3 aromatic heterocycles. The van der Waals surface area contributed by atoms with Crippen LogP contribution in [0.2, 0.25) is 0 Å². The number of rotatable bonds is 7. The van der Waals surface area contributed by atoms with E-state index in [0.717, 1.165) is 12.2 Å². The predicted molar refractivity (Wildman–Crippen MR) is 116 cm³/mol. The number of imidazole rings is 1. The highest BCUT2D eigenvalue weighted by Gasteiger charge is 2.08. The van der Waals surface area contributed by atoms with Gasteiger partial charge in [0, 0.05) is 18.9 Å². The Morgan fingerprint density at radius 2 is 1.87 bits per heavy atom. The van der Waals surface area contributed by atoms with Crippen molar-refractivity contribution in [3.05, 3.63) is 84.4 Å². The van der Waals surface area contributed by atoms with Gasteiger partial charge in [0.2, 0.25) is 0 Å². The van der Waals surface area contributed by atoms with E-state index in [1.165, 1.54) is 5.56 Å². The van der Waals surface area contributed by atoms with Crippen molar-refractivity contribution in [2.45, 2.75) is 20.1 Å². The lowest BCUT2D eigenvalue weighted by molar-refractivity contribution is 0.277. The Morgan fingerprint density at radius 1 is 1.03 bits per heavy atom. The number of aliphatic hydroxyl groups excluding tert-OH is 1. The molecule has 7 nitrogen and oxygen atoms in total. The van der Waals surface area contributed by atoms with Crippen LogP contribution in [0.1, 0.15) is 18.2 Å². The second-order valence-electron chi connectivity index (χ2n) is 6.38. The molecule has 2 N–H and O–H groups in total. The van der Waals surface area contributed by atoms with Gasteiger partial charge >= 0.3 is 0 Å². The van der Waals surface area contributed by atoms with Gasteiger partial charge in [-0.15, -0.1) is 0 Å². The lowest BCUT2D eigenvalue weighted by Gasteiger charge is -2.09. The van der Waals surface area contributed by atoms with Crippen molar-refractivity contribution in [1.29, 1.82) is 0 Å². The molecule has 7 heteroatoms. The van der Waals surface area contributed by atoms with Gasteiger partial charge in [-0.05, 0) is 43.8 Å². The summed E-state index contributed by atoms with van der Waals surface area (Å²) in [6, 6.07) is 17.6. The van der Waals surface area contributed by atoms with E-state index in [2.05, 4.69) is 27.4 Å². The SMILES string of the molecule is CCOc1cccnc1Oc1ccc2nc(CO)cn2c1.CNCc1ccccc1. The van der Waals surface area contributed by atoms with E-state index in [1.54, 1.807) is 35.1 Å². The highest BCUT2D eigenvalue weighted by atomic mass is 16.5. The Hall–Kier alpha value is -3.42. The number of nitrogens with zero attached hydrogens (tertiary/aromatic N) is 3. The lowest BCUT2D eigenvalue weighted by atomic mass is 10.2. The van der Waals surface area contributed by atoms with Crippen LogP contribution in [0.15, 0.2) is 73.2 Å². The molecule has 0 unspecified atom stereocenters. The van der Waals surface area contributed by atoms with Gasteiger partial charge < -0.3 is 24.3 Å².